The average Bonchev–Trinajstić information content (AvgIpc) is 3.71. The molecular formula is C22H17BF2IrN10-2. The second-order valence-corrected chi connectivity index (χ2v) is 7.24. The van der Waals surface area contributed by atoms with Crippen LogP contribution in [0.1, 0.15) is 0 Å². The van der Waals surface area contributed by atoms with Crippen molar-refractivity contribution in [3.63, 3.8) is 0 Å². The Balaban J connectivity index is 0.000000178. The zero-order chi connectivity index (χ0) is 24.1. The number of pyridine rings is 2. The van der Waals surface area contributed by atoms with Gasteiger partial charge in [-0.1, -0.05) is 23.8 Å². The van der Waals surface area contributed by atoms with Crippen molar-refractivity contribution >= 4 is 6.69 Å². The summed E-state index contributed by atoms with van der Waals surface area (Å²) in [6, 6.07) is 15.9. The van der Waals surface area contributed by atoms with Gasteiger partial charge in [0.1, 0.15) is 11.9 Å². The van der Waals surface area contributed by atoms with E-state index in [1.54, 1.807) is 43.0 Å². The van der Waals surface area contributed by atoms with E-state index in [1.807, 2.05) is 67.4 Å². The quantitative estimate of drug-likeness (QED) is 0.160. The zero-order valence-electron chi connectivity index (χ0n) is 18.5. The van der Waals surface area contributed by atoms with Gasteiger partial charge in [-0.3, -0.25) is 4.98 Å². The Morgan fingerprint density at radius 3 is 1.53 bits per heavy atom. The Morgan fingerprint density at radius 2 is 1.17 bits per heavy atom. The van der Waals surface area contributed by atoms with Crippen LogP contribution in [0.3, 0.4) is 0 Å². The third kappa shape index (κ3) is 4.63. The average molecular weight is 662 g/mol. The Labute approximate surface area is 217 Å². The van der Waals surface area contributed by atoms with Gasteiger partial charge in [0, 0.05) is 51.1 Å². The van der Waals surface area contributed by atoms with Crippen LogP contribution in [0.5, 0.6) is 0 Å². The van der Waals surface area contributed by atoms with E-state index >= 15 is 0 Å². The molecule has 6 aromatic heterocycles. The van der Waals surface area contributed by atoms with Crippen molar-refractivity contribution < 1.29 is 28.9 Å². The number of rotatable bonds is 5. The molecule has 0 aromatic carbocycles. The summed E-state index contributed by atoms with van der Waals surface area (Å²) in [5.41, 5.74) is 0.463. The maximum absolute atomic E-state index is 13.1. The molecule has 0 atom stereocenters. The second-order valence-electron chi connectivity index (χ2n) is 7.24. The molecule has 36 heavy (non-hydrogen) atoms. The maximum Gasteiger partial charge on any atom is 0.466 e. The SMILES string of the molecule is Fc1c[c-]c(-c2ccccn2)c(F)n1.[Ir].c1cnn([B-](n2cccn2)(n2cccn2)n2cccn2)c1. The molecule has 0 aliphatic carbocycles. The van der Waals surface area contributed by atoms with E-state index in [4.69, 9.17) is 0 Å². The van der Waals surface area contributed by atoms with Gasteiger partial charge < -0.3 is 23.4 Å². The molecule has 1 radical (unpaired) electrons. The van der Waals surface area contributed by atoms with Gasteiger partial charge in [-0.25, -0.2) is 29.2 Å². The Hall–Kier alpha value is -4.29. The van der Waals surface area contributed by atoms with Gasteiger partial charge in [-0.05, 0) is 60.8 Å². The van der Waals surface area contributed by atoms with Gasteiger partial charge in [0.15, 0.2) is 0 Å². The molecule has 183 valence electrons. The first-order valence-electron chi connectivity index (χ1n) is 10.5. The summed E-state index contributed by atoms with van der Waals surface area (Å²) in [6.07, 6.45) is 16.0. The Kier molecular flexibility index (Phi) is 7.57. The fraction of sp³-hybridized carbons (Fsp3) is 0. The number of hydrogen-bond donors (Lipinski definition) is 0. The number of halogens is 2. The maximum atomic E-state index is 13.1. The molecule has 6 heterocycles. The van der Waals surface area contributed by atoms with Crippen molar-refractivity contribution in [1.29, 1.82) is 0 Å². The van der Waals surface area contributed by atoms with E-state index < -0.39 is 18.6 Å². The molecule has 0 aliphatic heterocycles. The van der Waals surface area contributed by atoms with Crippen molar-refractivity contribution in [1.82, 2.24) is 48.7 Å². The number of nitrogens with zero attached hydrogens (tertiary/aromatic N) is 10. The van der Waals surface area contributed by atoms with E-state index in [1.165, 1.54) is 6.20 Å². The molecule has 0 unspecified atom stereocenters. The number of aromatic nitrogens is 10. The molecule has 10 nitrogen and oxygen atoms in total. The van der Waals surface area contributed by atoms with Gasteiger partial charge >= 0.3 is 6.69 Å². The summed E-state index contributed by atoms with van der Waals surface area (Å²) < 4.78 is 32.8. The minimum absolute atomic E-state index is 0. The monoisotopic (exact) mass is 663 g/mol. The van der Waals surface area contributed by atoms with E-state index in [-0.39, 0.29) is 25.7 Å². The van der Waals surface area contributed by atoms with Gasteiger partial charge in [0.2, 0.25) is 0 Å². The standard InChI is InChI=1S/C12H12BN8.C10H5F2N2.Ir/c1-5-14-18(9-1)13(19-10-2-6-15-19,20-11-3-7-16-20)21-12-4-8-17-21;11-9-5-4-7(10(12)14-9)8-3-1-2-6-13-8;/h1-12H;1-3,5-6H;/q2*-1;. The van der Waals surface area contributed by atoms with E-state index in [2.05, 4.69) is 36.4 Å². The molecule has 6 rings (SSSR count). The van der Waals surface area contributed by atoms with Crippen molar-refractivity contribution in [3.05, 3.63) is 122 Å². The normalized spacial score (nSPS) is 10.8. The minimum Gasteiger partial charge on any atom is -0.379 e. The first-order chi connectivity index (χ1) is 17.2. The predicted octanol–water partition coefficient (Wildman–Crippen LogP) is 2.62. The topological polar surface area (TPSA) is 97.1 Å². The van der Waals surface area contributed by atoms with Crippen LogP contribution in [0.4, 0.5) is 8.78 Å². The second kappa shape index (κ2) is 11.0. The molecule has 0 N–H and O–H groups in total. The molecule has 0 spiro atoms. The first kappa shape index (κ1) is 24.8. The van der Waals surface area contributed by atoms with Crippen molar-refractivity contribution in [2.24, 2.45) is 0 Å². The van der Waals surface area contributed by atoms with E-state index in [0.29, 0.717) is 5.69 Å². The minimum atomic E-state index is -1.83. The third-order valence-corrected chi connectivity index (χ3v) is 5.19. The van der Waals surface area contributed by atoms with E-state index in [9.17, 15) is 8.78 Å². The van der Waals surface area contributed by atoms with Crippen molar-refractivity contribution in [2.75, 3.05) is 0 Å². The summed E-state index contributed by atoms with van der Waals surface area (Å²) in [7, 11) is 0. The Morgan fingerprint density at radius 1 is 0.667 bits per heavy atom. The largest absolute Gasteiger partial charge is 0.466 e. The smallest absolute Gasteiger partial charge is 0.379 e. The van der Waals surface area contributed by atoms with Crippen LogP contribution >= 0.6 is 0 Å². The first-order valence-corrected chi connectivity index (χ1v) is 10.5. The summed E-state index contributed by atoms with van der Waals surface area (Å²) in [6.45, 7) is -1.83. The zero-order valence-corrected chi connectivity index (χ0v) is 20.8. The molecule has 0 aliphatic rings. The molecule has 0 saturated heterocycles. The van der Waals surface area contributed by atoms with Crippen LogP contribution < -0.4 is 0 Å². The molecule has 0 fully saturated rings. The summed E-state index contributed by atoms with van der Waals surface area (Å²) >= 11 is 0. The predicted molar refractivity (Wildman–Crippen MR) is 122 cm³/mol. The van der Waals surface area contributed by atoms with Crippen LogP contribution in [0, 0.1) is 18.0 Å². The molecule has 0 bridgehead atoms. The van der Waals surface area contributed by atoms with Crippen LogP contribution in [-0.4, -0.2) is 55.4 Å². The molecule has 14 heteroatoms. The van der Waals surface area contributed by atoms with Crippen molar-refractivity contribution in [3.8, 4) is 11.3 Å². The van der Waals surface area contributed by atoms with Gasteiger partial charge in [-0.15, -0.1) is 6.07 Å². The van der Waals surface area contributed by atoms with Gasteiger partial charge in [-0.2, -0.15) is 0 Å². The van der Waals surface area contributed by atoms with Crippen LogP contribution in [-0.2, 0) is 20.1 Å². The summed E-state index contributed by atoms with van der Waals surface area (Å²) in [4.78, 5) is 6.95. The fourth-order valence-corrected chi connectivity index (χ4v) is 3.73. The fourth-order valence-electron chi connectivity index (χ4n) is 3.73. The van der Waals surface area contributed by atoms with Crippen molar-refractivity contribution in [2.45, 2.75) is 0 Å². The van der Waals surface area contributed by atoms with Crippen LogP contribution in [0.25, 0.3) is 11.3 Å². The molecule has 6 aromatic rings. The summed E-state index contributed by atoms with van der Waals surface area (Å²) in [5.74, 6) is -1.79. The third-order valence-electron chi connectivity index (χ3n) is 5.19. The molecule has 0 amide bonds. The van der Waals surface area contributed by atoms with Crippen LogP contribution in [0.2, 0.25) is 0 Å². The van der Waals surface area contributed by atoms with Crippen LogP contribution in [0.15, 0.2) is 104 Å². The molecule has 0 saturated carbocycles. The molecular weight excluding hydrogens is 645 g/mol. The van der Waals surface area contributed by atoms with Gasteiger partial charge in [0.25, 0.3) is 0 Å². The van der Waals surface area contributed by atoms with Gasteiger partial charge in [0.05, 0.1) is 0 Å². The summed E-state index contributed by atoms with van der Waals surface area (Å²) in [5, 5.41) is 17.7. The Bertz CT molecular complexity index is 1320. The van der Waals surface area contributed by atoms with E-state index in [0.717, 1.165) is 6.07 Å². The number of hydrogen-bond acceptors (Lipinski definition) is 6.